The Kier molecular flexibility index (Phi) is 9.31. The molecule has 31 heavy (non-hydrogen) atoms. The summed E-state index contributed by atoms with van der Waals surface area (Å²) in [7, 11) is 0. The van der Waals surface area contributed by atoms with Gasteiger partial charge in [-0.2, -0.15) is 0 Å². The summed E-state index contributed by atoms with van der Waals surface area (Å²) < 4.78 is 9.75. The molecule has 0 amide bonds. The first kappa shape index (κ1) is 24.7. The number of allylic oxidation sites excluding steroid dienone is 5. The molecule has 0 spiro atoms. The normalized spacial score (nSPS) is 22.2. The Hall–Kier alpha value is -2.60. The Balaban J connectivity index is 1.64. The van der Waals surface area contributed by atoms with Gasteiger partial charge in [0.25, 0.3) is 0 Å². The van der Waals surface area contributed by atoms with Gasteiger partial charge in [-0.3, -0.25) is 0 Å². The first-order chi connectivity index (χ1) is 14.7. The van der Waals surface area contributed by atoms with E-state index in [-0.39, 0.29) is 23.0 Å². The summed E-state index contributed by atoms with van der Waals surface area (Å²) in [6.07, 6.45) is 12.9. The maximum atomic E-state index is 11.4. The van der Waals surface area contributed by atoms with Crippen LogP contribution in [0.4, 0.5) is 0 Å². The van der Waals surface area contributed by atoms with Crippen molar-refractivity contribution in [1.29, 1.82) is 0 Å². The highest BCUT2D eigenvalue weighted by Crippen LogP contribution is 2.26. The largest absolute Gasteiger partial charge is 0.504 e. The minimum Gasteiger partial charge on any atom is -0.504 e. The second-order valence-electron chi connectivity index (χ2n) is 8.43. The van der Waals surface area contributed by atoms with Gasteiger partial charge < -0.3 is 19.7 Å². The van der Waals surface area contributed by atoms with Crippen molar-refractivity contribution in [1.82, 2.24) is 0 Å². The number of cyclic esters (lactones) is 2. The molecule has 0 unspecified atom stereocenters. The smallest absolute Gasteiger partial charge is 0.343 e. The maximum Gasteiger partial charge on any atom is 0.343 e. The zero-order valence-electron chi connectivity index (χ0n) is 18.9. The second kappa shape index (κ2) is 11.7. The SMILES string of the molecule is CC1=C(O)/C(=C/[C@H](C)CCC/C(C)=C/CC/C(C)=C/CCC2=C[C@H](O)OC2=O)OC1=O. The topological polar surface area (TPSA) is 93.1 Å². The maximum absolute atomic E-state index is 11.4. The van der Waals surface area contributed by atoms with E-state index >= 15 is 0 Å². The van der Waals surface area contributed by atoms with E-state index < -0.39 is 18.2 Å². The van der Waals surface area contributed by atoms with Gasteiger partial charge in [0.1, 0.15) is 0 Å². The predicted octanol–water partition coefficient (Wildman–Crippen LogP) is 5.32. The predicted molar refractivity (Wildman–Crippen MR) is 119 cm³/mol. The highest BCUT2D eigenvalue weighted by atomic mass is 16.6. The lowest BCUT2D eigenvalue weighted by molar-refractivity contribution is -0.151. The van der Waals surface area contributed by atoms with Crippen molar-refractivity contribution in [3.05, 3.63) is 58.1 Å². The van der Waals surface area contributed by atoms with Gasteiger partial charge >= 0.3 is 11.9 Å². The number of esters is 2. The monoisotopic (exact) mass is 430 g/mol. The molecule has 0 fully saturated rings. The summed E-state index contributed by atoms with van der Waals surface area (Å²) in [5.41, 5.74) is 3.44. The van der Waals surface area contributed by atoms with Crippen LogP contribution in [0.1, 0.15) is 72.6 Å². The molecule has 2 N–H and O–H groups in total. The molecule has 0 bridgehead atoms. The van der Waals surface area contributed by atoms with Gasteiger partial charge in [-0.1, -0.05) is 30.2 Å². The third-order valence-electron chi connectivity index (χ3n) is 5.54. The fourth-order valence-corrected chi connectivity index (χ4v) is 3.53. The van der Waals surface area contributed by atoms with Gasteiger partial charge in [0.15, 0.2) is 11.5 Å². The van der Waals surface area contributed by atoms with Crippen molar-refractivity contribution in [2.24, 2.45) is 5.92 Å². The Morgan fingerprint density at radius 2 is 1.81 bits per heavy atom. The van der Waals surface area contributed by atoms with E-state index in [1.165, 1.54) is 17.2 Å². The van der Waals surface area contributed by atoms with E-state index in [0.717, 1.165) is 38.5 Å². The molecular weight excluding hydrogens is 396 g/mol. The molecule has 6 nitrogen and oxygen atoms in total. The fraction of sp³-hybridized carbons (Fsp3) is 0.520. The van der Waals surface area contributed by atoms with Crippen molar-refractivity contribution in [3.63, 3.8) is 0 Å². The molecule has 0 saturated carbocycles. The lowest BCUT2D eigenvalue weighted by Crippen LogP contribution is -2.06. The van der Waals surface area contributed by atoms with Gasteiger partial charge in [0, 0.05) is 5.57 Å². The zero-order valence-corrected chi connectivity index (χ0v) is 18.9. The minimum absolute atomic E-state index is 0.0474. The number of aliphatic hydroxyl groups excluding tert-OH is 2. The van der Waals surface area contributed by atoms with Crippen LogP contribution in [0.3, 0.4) is 0 Å². The standard InChI is InChI=1S/C25H34O6/c1-16(10-6-12-18(3)14-21-23(27)19(4)24(28)30-21)8-5-9-17(2)11-7-13-20-15-22(26)31-25(20)29/h8,11,14-15,18,22,26-27H,5-7,9-10,12-13H2,1-4H3/b16-8+,17-11+,21-14-/t18-,22-/m1/s1. The van der Waals surface area contributed by atoms with Crippen LogP contribution in [0, 0.1) is 5.92 Å². The van der Waals surface area contributed by atoms with E-state index in [1.807, 2.05) is 6.08 Å². The summed E-state index contributed by atoms with van der Waals surface area (Å²) in [6.45, 7) is 7.85. The molecule has 6 heteroatoms. The Bertz CT molecular complexity index is 840. The van der Waals surface area contributed by atoms with Crippen LogP contribution in [-0.4, -0.2) is 28.4 Å². The number of carbonyl (C=O) groups is 2. The van der Waals surface area contributed by atoms with Crippen LogP contribution in [0.15, 0.2) is 58.1 Å². The number of hydrogen-bond acceptors (Lipinski definition) is 6. The van der Waals surface area contributed by atoms with Crippen molar-refractivity contribution in [2.75, 3.05) is 0 Å². The van der Waals surface area contributed by atoms with Gasteiger partial charge in [-0.25, -0.2) is 9.59 Å². The van der Waals surface area contributed by atoms with Crippen LogP contribution in [0.25, 0.3) is 0 Å². The molecule has 0 aromatic rings. The number of aliphatic hydroxyl groups is 2. The third kappa shape index (κ3) is 7.87. The molecule has 2 rings (SSSR count). The van der Waals surface area contributed by atoms with Crippen molar-refractivity contribution in [2.45, 2.75) is 78.9 Å². The Morgan fingerprint density at radius 3 is 2.42 bits per heavy atom. The van der Waals surface area contributed by atoms with Crippen molar-refractivity contribution in [3.8, 4) is 0 Å². The quantitative estimate of drug-likeness (QED) is 0.340. The molecule has 2 aliphatic rings. The third-order valence-corrected chi connectivity index (χ3v) is 5.54. The number of ether oxygens (including phenoxy) is 2. The zero-order chi connectivity index (χ0) is 23.0. The highest BCUT2D eigenvalue weighted by Gasteiger charge is 2.26. The average Bonchev–Trinajstić information content (AvgIpc) is 3.14. The van der Waals surface area contributed by atoms with Crippen LogP contribution >= 0.6 is 0 Å². The van der Waals surface area contributed by atoms with Crippen molar-refractivity contribution < 1.29 is 29.3 Å². The van der Waals surface area contributed by atoms with Crippen LogP contribution in [0.2, 0.25) is 0 Å². The van der Waals surface area contributed by atoms with E-state index in [2.05, 4.69) is 37.7 Å². The average molecular weight is 431 g/mol. The van der Waals surface area contributed by atoms with Crippen LogP contribution < -0.4 is 0 Å². The van der Waals surface area contributed by atoms with E-state index in [9.17, 15) is 19.8 Å². The molecule has 2 aliphatic heterocycles. The molecule has 0 radical (unpaired) electrons. The number of rotatable bonds is 11. The number of carbonyl (C=O) groups excluding carboxylic acids is 2. The van der Waals surface area contributed by atoms with Gasteiger partial charge in [-0.15, -0.1) is 0 Å². The molecular formula is C25H34O6. The minimum atomic E-state index is -1.09. The van der Waals surface area contributed by atoms with E-state index in [0.29, 0.717) is 12.0 Å². The summed E-state index contributed by atoms with van der Waals surface area (Å²) in [5.74, 6) is -0.455. The summed E-state index contributed by atoms with van der Waals surface area (Å²) in [4.78, 5) is 22.9. The fourth-order valence-electron chi connectivity index (χ4n) is 3.53. The van der Waals surface area contributed by atoms with Gasteiger partial charge in [0.2, 0.25) is 6.29 Å². The number of hydrogen-bond donors (Lipinski definition) is 2. The molecule has 0 aromatic carbocycles. The van der Waals surface area contributed by atoms with Gasteiger partial charge in [0.05, 0.1) is 5.57 Å². The van der Waals surface area contributed by atoms with E-state index in [4.69, 9.17) is 4.74 Å². The summed E-state index contributed by atoms with van der Waals surface area (Å²) >= 11 is 0. The van der Waals surface area contributed by atoms with Crippen LogP contribution in [0.5, 0.6) is 0 Å². The molecule has 0 saturated heterocycles. The van der Waals surface area contributed by atoms with Crippen molar-refractivity contribution >= 4 is 11.9 Å². The lowest BCUT2D eigenvalue weighted by atomic mass is 9.99. The summed E-state index contributed by atoms with van der Waals surface area (Å²) in [6, 6.07) is 0. The molecule has 2 heterocycles. The first-order valence-electron chi connectivity index (χ1n) is 10.9. The first-order valence-corrected chi connectivity index (χ1v) is 10.9. The van der Waals surface area contributed by atoms with E-state index in [1.54, 1.807) is 6.92 Å². The molecule has 2 atom stereocenters. The second-order valence-corrected chi connectivity index (χ2v) is 8.43. The molecule has 170 valence electrons. The molecule has 0 aromatic heterocycles. The Labute approximate surface area is 184 Å². The molecule has 0 aliphatic carbocycles. The lowest BCUT2D eigenvalue weighted by Gasteiger charge is -2.08. The van der Waals surface area contributed by atoms with Gasteiger partial charge in [-0.05, 0) is 83.8 Å². The summed E-state index contributed by atoms with van der Waals surface area (Å²) in [5, 5.41) is 19.1. The highest BCUT2D eigenvalue weighted by molar-refractivity contribution is 5.93. The van der Waals surface area contributed by atoms with Crippen LogP contribution in [-0.2, 0) is 19.1 Å². The Morgan fingerprint density at radius 1 is 1.13 bits per heavy atom.